The Labute approximate surface area is 176 Å². The Kier molecular flexibility index (Phi) is 6.22. The summed E-state index contributed by atoms with van der Waals surface area (Å²) in [5, 5.41) is 0. The van der Waals surface area contributed by atoms with Gasteiger partial charge in [0.1, 0.15) is 5.82 Å². The molecule has 5 nitrogen and oxygen atoms in total. The molecule has 0 aliphatic heterocycles. The first-order valence-corrected chi connectivity index (χ1v) is 10.8. The average Bonchev–Trinajstić information content (AvgIpc) is 2.74. The Hall–Kier alpha value is -3.19. The highest BCUT2D eigenvalue weighted by molar-refractivity contribution is 7.92. The van der Waals surface area contributed by atoms with Crippen molar-refractivity contribution in [1.29, 1.82) is 0 Å². The van der Waals surface area contributed by atoms with Gasteiger partial charge in [0.15, 0.2) is 0 Å². The Morgan fingerprint density at radius 1 is 0.867 bits per heavy atom. The Morgan fingerprint density at radius 2 is 1.43 bits per heavy atom. The van der Waals surface area contributed by atoms with Gasteiger partial charge in [-0.2, -0.15) is 0 Å². The second-order valence-corrected chi connectivity index (χ2v) is 9.09. The van der Waals surface area contributed by atoms with Crippen LogP contribution in [0.5, 0.6) is 0 Å². The summed E-state index contributed by atoms with van der Waals surface area (Å²) in [6, 6.07) is 19.0. The van der Waals surface area contributed by atoms with E-state index in [-0.39, 0.29) is 16.6 Å². The van der Waals surface area contributed by atoms with Gasteiger partial charge >= 0.3 is 0 Å². The number of hydrogen-bond donors (Lipinski definition) is 0. The molecule has 0 saturated carbocycles. The van der Waals surface area contributed by atoms with Crippen molar-refractivity contribution in [3.05, 3.63) is 95.3 Å². The molecule has 0 fully saturated rings. The third kappa shape index (κ3) is 4.68. The number of anilines is 1. The topological polar surface area (TPSA) is 57.7 Å². The summed E-state index contributed by atoms with van der Waals surface area (Å²) < 4.78 is 39.9. The molecule has 156 valence electrons. The van der Waals surface area contributed by atoms with Gasteiger partial charge in [-0.25, -0.2) is 12.8 Å². The molecule has 0 spiro atoms. The Morgan fingerprint density at radius 3 is 2.00 bits per heavy atom. The van der Waals surface area contributed by atoms with Crippen LogP contribution >= 0.6 is 0 Å². The van der Waals surface area contributed by atoms with Crippen LogP contribution < -0.4 is 4.31 Å². The van der Waals surface area contributed by atoms with Crippen LogP contribution in [0, 0.1) is 12.7 Å². The van der Waals surface area contributed by atoms with Crippen molar-refractivity contribution in [2.45, 2.75) is 18.4 Å². The zero-order valence-electron chi connectivity index (χ0n) is 17.0. The molecule has 1 amide bonds. The summed E-state index contributed by atoms with van der Waals surface area (Å²) >= 11 is 0. The summed E-state index contributed by atoms with van der Waals surface area (Å²) in [5.41, 5.74) is 2.68. The Bertz CT molecular complexity index is 1130. The summed E-state index contributed by atoms with van der Waals surface area (Å²) in [7, 11) is -0.556. The zero-order chi connectivity index (χ0) is 21.9. The zero-order valence-corrected chi connectivity index (χ0v) is 17.9. The van der Waals surface area contributed by atoms with Gasteiger partial charge in [0.2, 0.25) is 0 Å². The molecule has 30 heavy (non-hydrogen) atoms. The van der Waals surface area contributed by atoms with Gasteiger partial charge in [-0.15, -0.1) is 0 Å². The van der Waals surface area contributed by atoms with Crippen LogP contribution in [-0.2, 0) is 16.6 Å². The number of benzene rings is 3. The van der Waals surface area contributed by atoms with Gasteiger partial charge in [-0.05, 0) is 61.0 Å². The monoisotopic (exact) mass is 426 g/mol. The van der Waals surface area contributed by atoms with Crippen LogP contribution in [0.25, 0.3) is 0 Å². The molecule has 7 heteroatoms. The van der Waals surface area contributed by atoms with E-state index in [0.717, 1.165) is 11.1 Å². The number of nitrogens with zero attached hydrogens (tertiary/aromatic N) is 2. The number of sulfonamides is 1. The van der Waals surface area contributed by atoms with E-state index in [4.69, 9.17) is 0 Å². The van der Waals surface area contributed by atoms with Crippen molar-refractivity contribution in [3.8, 4) is 0 Å². The third-order valence-corrected chi connectivity index (χ3v) is 6.64. The Balaban J connectivity index is 1.74. The normalized spacial score (nSPS) is 11.2. The van der Waals surface area contributed by atoms with Crippen molar-refractivity contribution in [3.63, 3.8) is 0 Å². The van der Waals surface area contributed by atoms with Crippen LogP contribution in [0.3, 0.4) is 0 Å². The fraction of sp³-hybridized carbons (Fsp3) is 0.174. The van der Waals surface area contributed by atoms with Crippen LogP contribution in [0.4, 0.5) is 10.1 Å². The van der Waals surface area contributed by atoms with Crippen molar-refractivity contribution in [2.24, 2.45) is 0 Å². The second kappa shape index (κ2) is 8.67. The number of halogens is 1. The molecule has 3 aromatic carbocycles. The van der Waals surface area contributed by atoms with Gasteiger partial charge in [0, 0.05) is 26.2 Å². The van der Waals surface area contributed by atoms with E-state index in [1.54, 1.807) is 67.7 Å². The lowest BCUT2D eigenvalue weighted by Crippen LogP contribution is -2.27. The molecular weight excluding hydrogens is 403 g/mol. The van der Waals surface area contributed by atoms with Gasteiger partial charge in [0.05, 0.1) is 10.6 Å². The van der Waals surface area contributed by atoms with Crippen molar-refractivity contribution in [2.75, 3.05) is 18.4 Å². The molecule has 0 N–H and O–H groups in total. The lowest BCUT2D eigenvalue weighted by Gasteiger charge is -2.21. The molecule has 3 aromatic rings. The van der Waals surface area contributed by atoms with E-state index < -0.39 is 10.0 Å². The SMILES string of the molecule is Cc1ccc(S(=O)(=O)N(C)c2ccc(C(=O)N(C)Cc3ccc(F)cc3)cc2)cc1. The quantitative estimate of drug-likeness (QED) is 0.593. The number of hydrogen-bond acceptors (Lipinski definition) is 3. The minimum atomic E-state index is -3.70. The summed E-state index contributed by atoms with van der Waals surface area (Å²) in [5.74, 6) is -0.539. The minimum absolute atomic E-state index is 0.204. The lowest BCUT2D eigenvalue weighted by molar-refractivity contribution is 0.0785. The standard InChI is InChI=1S/C23H23FN2O3S/c1-17-4-14-22(15-5-17)30(28,29)26(3)21-12-8-19(9-13-21)23(27)25(2)16-18-6-10-20(24)11-7-18/h4-15H,16H2,1-3H3. The van der Waals surface area contributed by atoms with Gasteiger partial charge in [0.25, 0.3) is 15.9 Å². The van der Waals surface area contributed by atoms with Crippen LogP contribution in [-0.4, -0.2) is 33.3 Å². The molecule has 3 rings (SSSR count). The highest BCUT2D eigenvalue weighted by atomic mass is 32.2. The molecule has 0 heterocycles. The van der Waals surface area contributed by atoms with Crippen LogP contribution in [0.2, 0.25) is 0 Å². The number of amides is 1. The third-order valence-electron chi connectivity index (χ3n) is 4.84. The van der Waals surface area contributed by atoms with Crippen molar-refractivity contribution >= 4 is 21.6 Å². The summed E-state index contributed by atoms with van der Waals surface area (Å²) in [6.07, 6.45) is 0. The smallest absolute Gasteiger partial charge is 0.264 e. The van der Waals surface area contributed by atoms with E-state index >= 15 is 0 Å². The van der Waals surface area contributed by atoms with Gasteiger partial charge < -0.3 is 4.90 Å². The molecule has 0 atom stereocenters. The number of aryl methyl sites for hydroxylation is 1. The first kappa shape index (κ1) is 21.5. The summed E-state index contributed by atoms with van der Waals surface area (Å²) in [4.78, 5) is 14.4. The molecule has 0 aliphatic rings. The maximum atomic E-state index is 13.0. The fourth-order valence-electron chi connectivity index (χ4n) is 2.98. The molecular formula is C23H23FN2O3S. The highest BCUT2D eigenvalue weighted by Crippen LogP contribution is 2.23. The first-order valence-electron chi connectivity index (χ1n) is 9.34. The fourth-order valence-corrected chi connectivity index (χ4v) is 4.17. The van der Waals surface area contributed by atoms with Crippen LogP contribution in [0.15, 0.2) is 77.7 Å². The maximum Gasteiger partial charge on any atom is 0.264 e. The molecule has 0 aliphatic carbocycles. The molecule has 0 unspecified atom stereocenters. The van der Waals surface area contributed by atoms with E-state index in [2.05, 4.69) is 0 Å². The largest absolute Gasteiger partial charge is 0.337 e. The van der Waals surface area contributed by atoms with E-state index in [0.29, 0.717) is 17.8 Å². The molecule has 0 radical (unpaired) electrons. The molecule has 0 bridgehead atoms. The highest BCUT2D eigenvalue weighted by Gasteiger charge is 2.21. The molecule has 0 saturated heterocycles. The first-order chi connectivity index (χ1) is 14.2. The van der Waals surface area contributed by atoms with Crippen LogP contribution in [0.1, 0.15) is 21.5 Å². The van der Waals surface area contributed by atoms with E-state index in [9.17, 15) is 17.6 Å². The predicted molar refractivity (Wildman–Crippen MR) is 115 cm³/mol. The van der Waals surface area contributed by atoms with E-state index in [1.807, 2.05) is 6.92 Å². The molecule has 0 aromatic heterocycles. The minimum Gasteiger partial charge on any atom is -0.337 e. The second-order valence-electron chi connectivity index (χ2n) is 7.12. The van der Waals surface area contributed by atoms with Gasteiger partial charge in [-0.1, -0.05) is 29.8 Å². The number of carbonyl (C=O) groups excluding carboxylic acids is 1. The average molecular weight is 427 g/mol. The van der Waals surface area contributed by atoms with Gasteiger partial charge in [-0.3, -0.25) is 9.10 Å². The predicted octanol–water partition coefficient (Wildman–Crippen LogP) is 4.23. The number of carbonyl (C=O) groups is 1. The van der Waals surface area contributed by atoms with Crippen molar-refractivity contribution < 1.29 is 17.6 Å². The summed E-state index contributed by atoms with van der Waals surface area (Å²) in [6.45, 7) is 2.23. The lowest BCUT2D eigenvalue weighted by atomic mass is 10.1. The number of rotatable bonds is 6. The van der Waals surface area contributed by atoms with E-state index in [1.165, 1.54) is 28.4 Å². The maximum absolute atomic E-state index is 13.0. The van der Waals surface area contributed by atoms with Crippen molar-refractivity contribution in [1.82, 2.24) is 4.90 Å².